The Kier molecular flexibility index (Phi) is 11.6. The van der Waals surface area contributed by atoms with Crippen LogP contribution in [0.4, 0.5) is 4.79 Å². The van der Waals surface area contributed by atoms with Crippen molar-refractivity contribution in [3.8, 4) is 0 Å². The van der Waals surface area contributed by atoms with Gasteiger partial charge >= 0.3 is 6.09 Å². The summed E-state index contributed by atoms with van der Waals surface area (Å²) in [4.78, 5) is 38.1. The van der Waals surface area contributed by atoms with E-state index in [-0.39, 0.29) is 48.4 Å². The molecule has 4 fully saturated rings. The van der Waals surface area contributed by atoms with Gasteiger partial charge < -0.3 is 39.4 Å². The molecule has 0 aromatic rings. The molecule has 11 heteroatoms. The molecule has 3 N–H and O–H groups in total. The monoisotopic (exact) mass is 604 g/mol. The van der Waals surface area contributed by atoms with Crippen LogP contribution in [0.3, 0.4) is 0 Å². The number of nitrogens with one attached hydrogen (secondary N) is 1. The van der Waals surface area contributed by atoms with Crippen molar-refractivity contribution in [3.63, 3.8) is 0 Å². The molecule has 1 spiro atoms. The van der Waals surface area contributed by atoms with Crippen molar-refractivity contribution in [3.05, 3.63) is 36.0 Å². The Hall–Kier alpha value is -2.57. The third kappa shape index (κ3) is 9.21. The van der Waals surface area contributed by atoms with Crippen LogP contribution >= 0.6 is 0 Å². The van der Waals surface area contributed by atoms with Crippen molar-refractivity contribution in [2.75, 3.05) is 26.3 Å². The summed E-state index contributed by atoms with van der Waals surface area (Å²) < 4.78 is 23.2. The summed E-state index contributed by atoms with van der Waals surface area (Å²) in [6.07, 6.45) is 9.89. The molecule has 4 rings (SSSR count). The quantitative estimate of drug-likeness (QED) is 0.184. The van der Waals surface area contributed by atoms with Crippen LogP contribution < -0.4 is 5.32 Å². The molecule has 0 radical (unpaired) electrons. The number of allylic oxidation sites excluding steroid dienone is 2. The van der Waals surface area contributed by atoms with E-state index in [9.17, 15) is 19.5 Å². The maximum Gasteiger partial charge on any atom is 0.410 e. The highest BCUT2D eigenvalue weighted by Gasteiger charge is 2.58. The van der Waals surface area contributed by atoms with Gasteiger partial charge in [0.05, 0.1) is 31.0 Å². The van der Waals surface area contributed by atoms with Gasteiger partial charge in [0.15, 0.2) is 5.78 Å². The highest BCUT2D eigenvalue weighted by molar-refractivity contribution is 5.87. The number of carbonyl (C=O) groups excluding carboxylic acids is 3. The van der Waals surface area contributed by atoms with E-state index >= 15 is 0 Å². The molecule has 0 aliphatic carbocycles. The molecule has 43 heavy (non-hydrogen) atoms. The third-order valence-corrected chi connectivity index (χ3v) is 8.85. The second-order valence-electron chi connectivity index (χ2n) is 12.5. The van der Waals surface area contributed by atoms with Crippen molar-refractivity contribution in [1.82, 2.24) is 10.2 Å². The minimum atomic E-state index is -0.824. The van der Waals surface area contributed by atoms with E-state index in [0.717, 1.165) is 24.8 Å². The number of hydrogen-bond donors (Lipinski definition) is 3. The van der Waals surface area contributed by atoms with Gasteiger partial charge in [-0.25, -0.2) is 4.79 Å². The number of amides is 2. The van der Waals surface area contributed by atoms with Crippen LogP contribution in [-0.4, -0.2) is 107 Å². The Balaban J connectivity index is 1.22. The minimum absolute atomic E-state index is 0.0133. The van der Waals surface area contributed by atoms with Gasteiger partial charge in [0.2, 0.25) is 5.91 Å². The third-order valence-electron chi connectivity index (χ3n) is 8.85. The summed E-state index contributed by atoms with van der Waals surface area (Å²) in [5, 5.41) is 22.9. The summed E-state index contributed by atoms with van der Waals surface area (Å²) >= 11 is 0. The fourth-order valence-electron chi connectivity index (χ4n) is 6.08. The van der Waals surface area contributed by atoms with E-state index in [0.29, 0.717) is 32.5 Å². The number of ketones is 1. The SMILES string of the molecule is CC(/C=C/C1O[C@@H](CC(=O)CO)C[C@@]2(CO2)[C@@H]1O)=C\C[C@@H]1O[C@H](C)[C@H](NC(=O)/C=C\[C@H](C)OC(=O)N2CCCC2)C[C@@H]1C. The lowest BCUT2D eigenvalue weighted by molar-refractivity contribution is -0.145. The second kappa shape index (κ2) is 14.9. The topological polar surface area (TPSA) is 147 Å². The first-order chi connectivity index (χ1) is 20.5. The van der Waals surface area contributed by atoms with Gasteiger partial charge in [-0.2, -0.15) is 0 Å². The van der Waals surface area contributed by atoms with Gasteiger partial charge in [0, 0.05) is 32.0 Å². The number of epoxide rings is 1. The van der Waals surface area contributed by atoms with Crippen molar-refractivity contribution >= 4 is 17.8 Å². The van der Waals surface area contributed by atoms with Gasteiger partial charge in [0.1, 0.15) is 30.5 Å². The molecular weight excluding hydrogens is 556 g/mol. The Labute approximate surface area is 254 Å². The van der Waals surface area contributed by atoms with Crippen LogP contribution in [0.15, 0.2) is 36.0 Å². The van der Waals surface area contributed by atoms with E-state index in [1.165, 1.54) is 6.08 Å². The number of ether oxygens (including phenoxy) is 4. The maximum atomic E-state index is 12.6. The normalized spacial score (nSPS) is 35.4. The fraction of sp³-hybridized carbons (Fsp3) is 0.719. The molecule has 9 atom stereocenters. The molecule has 4 aliphatic heterocycles. The number of carbonyl (C=O) groups is 3. The largest absolute Gasteiger partial charge is 0.442 e. The molecule has 1 unspecified atom stereocenters. The van der Waals surface area contributed by atoms with E-state index in [2.05, 4.69) is 18.3 Å². The number of Topliss-reactive ketones (excluding diaryl/α,β-unsaturated/α-hetero) is 1. The van der Waals surface area contributed by atoms with Crippen molar-refractivity contribution < 1.29 is 43.5 Å². The van der Waals surface area contributed by atoms with Crippen LogP contribution in [0.5, 0.6) is 0 Å². The van der Waals surface area contributed by atoms with Crippen molar-refractivity contribution in [2.24, 2.45) is 5.92 Å². The van der Waals surface area contributed by atoms with Gasteiger partial charge in [-0.15, -0.1) is 0 Å². The van der Waals surface area contributed by atoms with E-state index in [1.54, 1.807) is 24.0 Å². The highest BCUT2D eigenvalue weighted by atomic mass is 16.6. The summed E-state index contributed by atoms with van der Waals surface area (Å²) in [6.45, 7) is 9.11. The lowest BCUT2D eigenvalue weighted by Gasteiger charge is -2.39. The van der Waals surface area contributed by atoms with Crippen LogP contribution in [0, 0.1) is 5.92 Å². The number of hydrogen-bond acceptors (Lipinski definition) is 9. The zero-order valence-corrected chi connectivity index (χ0v) is 25.8. The number of rotatable bonds is 11. The lowest BCUT2D eigenvalue weighted by atomic mass is 9.87. The molecule has 4 saturated heterocycles. The summed E-state index contributed by atoms with van der Waals surface area (Å²) in [7, 11) is 0. The molecule has 4 aliphatic rings. The lowest BCUT2D eigenvalue weighted by Crippen LogP contribution is -2.50. The average Bonchev–Trinajstić information content (AvgIpc) is 3.51. The van der Waals surface area contributed by atoms with Crippen LogP contribution in [-0.2, 0) is 28.5 Å². The van der Waals surface area contributed by atoms with E-state index in [1.807, 2.05) is 19.9 Å². The molecule has 0 aromatic carbocycles. The Bertz CT molecular complexity index is 1080. The first kappa shape index (κ1) is 33.3. The first-order valence-electron chi connectivity index (χ1n) is 15.5. The molecule has 2 amide bonds. The van der Waals surface area contributed by atoms with Crippen molar-refractivity contribution in [1.29, 1.82) is 0 Å². The molecule has 4 heterocycles. The van der Waals surface area contributed by atoms with Crippen molar-refractivity contribution in [2.45, 2.75) is 114 Å². The number of likely N-dealkylation sites (tertiary alicyclic amines) is 1. The Morgan fingerprint density at radius 2 is 1.88 bits per heavy atom. The second-order valence-corrected chi connectivity index (χ2v) is 12.5. The predicted octanol–water partition coefficient (Wildman–Crippen LogP) is 2.59. The minimum Gasteiger partial charge on any atom is -0.442 e. The summed E-state index contributed by atoms with van der Waals surface area (Å²) in [6, 6.07) is -0.136. The fourth-order valence-corrected chi connectivity index (χ4v) is 6.08. The molecule has 0 aromatic heterocycles. The van der Waals surface area contributed by atoms with Crippen LogP contribution in [0.2, 0.25) is 0 Å². The molecule has 240 valence electrons. The van der Waals surface area contributed by atoms with Gasteiger partial charge in [-0.05, 0) is 58.4 Å². The zero-order chi connectivity index (χ0) is 31.1. The zero-order valence-electron chi connectivity index (χ0n) is 25.8. The molecule has 0 saturated carbocycles. The smallest absolute Gasteiger partial charge is 0.410 e. The number of aliphatic hydroxyl groups is 2. The Morgan fingerprint density at radius 1 is 1.16 bits per heavy atom. The summed E-state index contributed by atoms with van der Waals surface area (Å²) in [5.41, 5.74) is 0.311. The predicted molar refractivity (Wildman–Crippen MR) is 158 cm³/mol. The average molecular weight is 605 g/mol. The maximum absolute atomic E-state index is 12.6. The van der Waals surface area contributed by atoms with E-state index < -0.39 is 36.6 Å². The standard InChI is InChI=1S/C32H48N2O9/c1-20(8-11-28-30(38)32(19-40-32)17-25(43-28)16-24(36)18-35)7-10-27-21(2)15-26(23(4)42-27)33-29(37)12-9-22(3)41-31(39)34-13-5-6-14-34/h7-9,11-12,21-23,25-28,30,35,38H,5-6,10,13-19H2,1-4H3,(H,33,37)/b11-8+,12-9-,20-7+/t21-,22-,23+,25-,26+,27-,28?,30+,32+/m0/s1. The van der Waals surface area contributed by atoms with E-state index in [4.69, 9.17) is 24.1 Å². The summed E-state index contributed by atoms with van der Waals surface area (Å²) in [5.74, 6) is -0.334. The van der Waals surface area contributed by atoms with Gasteiger partial charge in [-0.1, -0.05) is 30.7 Å². The molecule has 0 bridgehead atoms. The number of nitrogens with zero attached hydrogens (tertiary/aromatic N) is 1. The molecule has 11 nitrogen and oxygen atoms in total. The first-order valence-corrected chi connectivity index (χ1v) is 15.5. The highest BCUT2D eigenvalue weighted by Crippen LogP contribution is 2.43. The van der Waals surface area contributed by atoms with Gasteiger partial charge in [0.25, 0.3) is 0 Å². The number of aliphatic hydroxyl groups excluding tert-OH is 2. The Morgan fingerprint density at radius 3 is 2.56 bits per heavy atom. The van der Waals surface area contributed by atoms with Crippen LogP contribution in [0.1, 0.15) is 66.2 Å². The van der Waals surface area contributed by atoms with Crippen LogP contribution in [0.25, 0.3) is 0 Å². The van der Waals surface area contributed by atoms with Gasteiger partial charge in [-0.3, -0.25) is 9.59 Å². The molecular formula is C32H48N2O9.